The van der Waals surface area contributed by atoms with Gasteiger partial charge in [-0.25, -0.2) is 9.59 Å². The van der Waals surface area contributed by atoms with Crippen molar-refractivity contribution in [2.24, 2.45) is 0 Å². The van der Waals surface area contributed by atoms with E-state index in [0.29, 0.717) is 5.00 Å². The highest BCUT2D eigenvalue weighted by atomic mass is 32.1. The van der Waals surface area contributed by atoms with Crippen LogP contribution in [0.1, 0.15) is 44.0 Å². The first-order valence-electron chi connectivity index (χ1n) is 5.82. The van der Waals surface area contributed by atoms with Crippen molar-refractivity contribution < 1.29 is 14.7 Å². The second-order valence-electron chi connectivity index (χ2n) is 4.32. The number of rotatable bonds is 5. The Hall–Kier alpha value is -1.56. The van der Waals surface area contributed by atoms with Gasteiger partial charge in [-0.1, -0.05) is 13.8 Å². The summed E-state index contributed by atoms with van der Waals surface area (Å²) in [7, 11) is 0. The fourth-order valence-corrected chi connectivity index (χ4v) is 2.18. The minimum atomic E-state index is -1.04. The quantitative estimate of drug-likeness (QED) is 0.769. The smallest absolute Gasteiger partial charge is 0.338 e. The van der Waals surface area contributed by atoms with Gasteiger partial charge in [-0.15, -0.1) is 11.3 Å². The molecule has 0 saturated heterocycles. The van der Waals surface area contributed by atoms with Crippen LogP contribution in [-0.4, -0.2) is 22.6 Å². The molecule has 3 N–H and O–H groups in total. The monoisotopic (exact) mass is 270 g/mol. The van der Waals surface area contributed by atoms with Gasteiger partial charge in [-0.2, -0.15) is 0 Å². The molecule has 0 aliphatic rings. The summed E-state index contributed by atoms with van der Waals surface area (Å²) in [6.07, 6.45) is 1.63. The van der Waals surface area contributed by atoms with Gasteiger partial charge in [0.05, 0.1) is 5.56 Å². The Bertz CT molecular complexity index is 438. The van der Waals surface area contributed by atoms with Crippen molar-refractivity contribution in [2.75, 3.05) is 5.32 Å². The van der Waals surface area contributed by atoms with E-state index in [1.54, 1.807) is 5.38 Å². The molecule has 18 heavy (non-hydrogen) atoms. The lowest BCUT2D eigenvalue weighted by Gasteiger charge is -2.28. The van der Waals surface area contributed by atoms with Gasteiger partial charge in [-0.3, -0.25) is 5.32 Å². The van der Waals surface area contributed by atoms with Gasteiger partial charge in [0.2, 0.25) is 0 Å². The number of hydrogen-bond donors (Lipinski definition) is 3. The lowest BCUT2D eigenvalue weighted by Crippen LogP contribution is -2.46. The van der Waals surface area contributed by atoms with Crippen LogP contribution in [0.25, 0.3) is 0 Å². The second kappa shape index (κ2) is 5.86. The lowest BCUT2D eigenvalue weighted by molar-refractivity contribution is 0.0698. The van der Waals surface area contributed by atoms with Crippen molar-refractivity contribution in [1.82, 2.24) is 5.32 Å². The Morgan fingerprint density at radius 1 is 1.39 bits per heavy atom. The van der Waals surface area contributed by atoms with Crippen LogP contribution in [0.4, 0.5) is 9.80 Å². The van der Waals surface area contributed by atoms with Crippen LogP contribution in [-0.2, 0) is 0 Å². The van der Waals surface area contributed by atoms with Crippen molar-refractivity contribution in [2.45, 2.75) is 39.2 Å². The standard InChI is InChI=1S/C12H18N2O3S/c1-4-12(3,5-2)14-11(17)13-9-8(10(15)16)6-7-18-9/h6-7H,4-5H2,1-3H3,(H,15,16)(H2,13,14,17). The SMILES string of the molecule is CCC(C)(CC)NC(=O)Nc1sccc1C(=O)O. The molecule has 0 unspecified atom stereocenters. The summed E-state index contributed by atoms with van der Waals surface area (Å²) in [5.74, 6) is -1.04. The Kier molecular flexibility index (Phi) is 4.72. The lowest BCUT2D eigenvalue weighted by atomic mass is 9.96. The van der Waals surface area contributed by atoms with Crippen molar-refractivity contribution >= 4 is 28.3 Å². The number of aromatic carboxylic acids is 1. The molecule has 1 heterocycles. The third-order valence-electron chi connectivity index (χ3n) is 3.10. The van der Waals surface area contributed by atoms with Gasteiger partial charge in [0.15, 0.2) is 0 Å². The van der Waals surface area contributed by atoms with Crippen LogP contribution in [0.3, 0.4) is 0 Å². The van der Waals surface area contributed by atoms with Gasteiger partial charge in [0.1, 0.15) is 5.00 Å². The first-order valence-corrected chi connectivity index (χ1v) is 6.69. The summed E-state index contributed by atoms with van der Waals surface area (Å²) in [5, 5.41) is 16.4. The van der Waals surface area contributed by atoms with Crippen LogP contribution >= 0.6 is 11.3 Å². The van der Waals surface area contributed by atoms with Gasteiger partial charge in [-0.05, 0) is 31.2 Å². The molecule has 1 rings (SSSR count). The third-order valence-corrected chi connectivity index (χ3v) is 3.93. The number of carboxylic acids is 1. The number of carbonyl (C=O) groups is 2. The highest BCUT2D eigenvalue weighted by molar-refractivity contribution is 7.14. The summed E-state index contributed by atoms with van der Waals surface area (Å²) in [5.41, 5.74) is -0.157. The van der Waals surface area contributed by atoms with E-state index in [1.165, 1.54) is 17.4 Å². The van der Waals surface area contributed by atoms with E-state index in [4.69, 9.17) is 5.11 Å². The predicted octanol–water partition coefficient (Wildman–Crippen LogP) is 3.15. The maximum atomic E-state index is 11.8. The van der Waals surface area contributed by atoms with Crippen molar-refractivity contribution in [3.63, 3.8) is 0 Å². The first-order chi connectivity index (χ1) is 8.41. The largest absolute Gasteiger partial charge is 0.478 e. The van der Waals surface area contributed by atoms with Crippen LogP contribution < -0.4 is 10.6 Å². The molecule has 0 fully saturated rings. The third kappa shape index (κ3) is 3.46. The van der Waals surface area contributed by atoms with E-state index in [1.807, 2.05) is 20.8 Å². The molecule has 5 nitrogen and oxygen atoms in total. The van der Waals surface area contributed by atoms with E-state index >= 15 is 0 Å². The summed E-state index contributed by atoms with van der Waals surface area (Å²) in [6.45, 7) is 5.95. The maximum Gasteiger partial charge on any atom is 0.338 e. The highest BCUT2D eigenvalue weighted by Crippen LogP contribution is 2.23. The number of thiophene rings is 1. The Morgan fingerprint density at radius 2 is 2.00 bits per heavy atom. The Labute approximate surface area is 110 Å². The average molecular weight is 270 g/mol. The maximum absolute atomic E-state index is 11.8. The summed E-state index contributed by atoms with van der Waals surface area (Å²) in [4.78, 5) is 22.7. The Balaban J connectivity index is 2.71. The van der Waals surface area contributed by atoms with E-state index in [0.717, 1.165) is 12.8 Å². The van der Waals surface area contributed by atoms with Crippen molar-refractivity contribution in [3.05, 3.63) is 17.0 Å². The van der Waals surface area contributed by atoms with Crippen LogP contribution in [0, 0.1) is 0 Å². The van der Waals surface area contributed by atoms with E-state index in [-0.39, 0.29) is 17.1 Å². The fraction of sp³-hybridized carbons (Fsp3) is 0.500. The average Bonchev–Trinajstić information content (AvgIpc) is 2.76. The molecule has 0 aliphatic heterocycles. The van der Waals surface area contributed by atoms with Gasteiger partial charge < -0.3 is 10.4 Å². The molecule has 0 radical (unpaired) electrons. The van der Waals surface area contributed by atoms with Gasteiger partial charge >= 0.3 is 12.0 Å². The van der Waals surface area contributed by atoms with Crippen LogP contribution in [0.2, 0.25) is 0 Å². The molecule has 6 heteroatoms. The fourth-order valence-electron chi connectivity index (χ4n) is 1.41. The number of nitrogens with one attached hydrogen (secondary N) is 2. The van der Waals surface area contributed by atoms with Gasteiger partial charge in [0.25, 0.3) is 0 Å². The van der Waals surface area contributed by atoms with Crippen LogP contribution in [0.15, 0.2) is 11.4 Å². The number of amides is 2. The van der Waals surface area contributed by atoms with E-state index < -0.39 is 5.97 Å². The van der Waals surface area contributed by atoms with Gasteiger partial charge in [0, 0.05) is 5.54 Å². The molecule has 0 aliphatic carbocycles. The molecule has 0 spiro atoms. The number of anilines is 1. The minimum Gasteiger partial charge on any atom is -0.478 e. The summed E-state index contributed by atoms with van der Waals surface area (Å²) < 4.78 is 0. The molecule has 1 aromatic heterocycles. The zero-order chi connectivity index (χ0) is 13.8. The molecule has 0 saturated carbocycles. The molecule has 0 atom stereocenters. The van der Waals surface area contributed by atoms with Crippen molar-refractivity contribution in [3.8, 4) is 0 Å². The predicted molar refractivity (Wildman–Crippen MR) is 72.4 cm³/mol. The molecule has 0 bridgehead atoms. The zero-order valence-electron chi connectivity index (χ0n) is 10.7. The first kappa shape index (κ1) is 14.5. The second-order valence-corrected chi connectivity index (χ2v) is 5.23. The molecule has 2 amide bonds. The zero-order valence-corrected chi connectivity index (χ0v) is 11.6. The molecule has 100 valence electrons. The summed E-state index contributed by atoms with van der Waals surface area (Å²) in [6, 6.07) is 1.10. The summed E-state index contributed by atoms with van der Waals surface area (Å²) >= 11 is 1.19. The minimum absolute atomic E-state index is 0.116. The van der Waals surface area contributed by atoms with Crippen LogP contribution in [0.5, 0.6) is 0 Å². The Morgan fingerprint density at radius 3 is 2.50 bits per heavy atom. The normalized spacial score (nSPS) is 11.1. The van der Waals surface area contributed by atoms with Crippen molar-refractivity contribution in [1.29, 1.82) is 0 Å². The number of hydrogen-bond acceptors (Lipinski definition) is 3. The highest BCUT2D eigenvalue weighted by Gasteiger charge is 2.23. The molecular formula is C12H18N2O3S. The molecule has 0 aromatic carbocycles. The molecule has 1 aromatic rings. The molecular weight excluding hydrogens is 252 g/mol. The number of carboxylic acid groups (broad SMARTS) is 1. The number of carbonyl (C=O) groups excluding carboxylic acids is 1. The number of urea groups is 1. The topological polar surface area (TPSA) is 78.4 Å². The van der Waals surface area contributed by atoms with E-state index in [9.17, 15) is 9.59 Å². The van der Waals surface area contributed by atoms with E-state index in [2.05, 4.69) is 10.6 Å².